The first-order chi connectivity index (χ1) is 9.65. The van der Waals surface area contributed by atoms with E-state index >= 15 is 0 Å². The lowest BCUT2D eigenvalue weighted by Gasteiger charge is -2.28. The first-order valence-corrected chi connectivity index (χ1v) is 11.1. The van der Waals surface area contributed by atoms with E-state index < -0.39 is 8.07 Å². The van der Waals surface area contributed by atoms with Crippen molar-refractivity contribution in [1.82, 2.24) is 0 Å². The summed E-state index contributed by atoms with van der Waals surface area (Å²) in [6.07, 6.45) is 8.75. The van der Waals surface area contributed by atoms with Gasteiger partial charge in [0.25, 0.3) is 0 Å². The maximum Gasteiger partial charge on any atom is 0.0648 e. The highest BCUT2D eigenvalue weighted by Gasteiger charge is 2.27. The summed E-state index contributed by atoms with van der Waals surface area (Å²) < 4.78 is 1.31. The van der Waals surface area contributed by atoms with E-state index in [2.05, 4.69) is 84.8 Å². The van der Waals surface area contributed by atoms with Gasteiger partial charge in [0.1, 0.15) is 0 Å². The lowest BCUT2D eigenvalue weighted by molar-refractivity contribution is 0.891. The monoisotopic (exact) mass is 396 g/mol. The molecular weight excluding hydrogens is 371 g/mol. The van der Waals surface area contributed by atoms with E-state index in [4.69, 9.17) is 0 Å². The van der Waals surface area contributed by atoms with Crippen LogP contribution in [0.5, 0.6) is 0 Å². The molecule has 0 bridgehead atoms. The summed E-state index contributed by atoms with van der Waals surface area (Å²) in [5.74, 6) is 0. The second-order valence-electron chi connectivity index (χ2n) is 5.46. The van der Waals surface area contributed by atoms with Gasteiger partial charge in [-0.25, -0.2) is 0 Å². The summed E-state index contributed by atoms with van der Waals surface area (Å²) in [6.45, 7) is 11.9. The summed E-state index contributed by atoms with van der Waals surface area (Å²) in [6, 6.07) is 13.8. The van der Waals surface area contributed by atoms with Crippen LogP contribution < -0.4 is 0 Å². The second kappa shape index (κ2) is 9.35. The zero-order valence-corrected chi connectivity index (χ0v) is 15.4. The topological polar surface area (TPSA) is 0 Å². The molecule has 0 nitrogen and oxygen atoms in total. The Hall–Kier alpha value is -0.613. The van der Waals surface area contributed by atoms with Gasteiger partial charge in [-0.3, -0.25) is 0 Å². The van der Waals surface area contributed by atoms with E-state index in [0.717, 1.165) is 0 Å². The molecule has 0 radical (unpaired) electrons. The Kier molecular flexibility index (Phi) is 8.15. The van der Waals surface area contributed by atoms with E-state index in [9.17, 15) is 0 Å². The van der Waals surface area contributed by atoms with Gasteiger partial charge >= 0.3 is 0 Å². The lowest BCUT2D eigenvalue weighted by atomic mass is 10.1. The average Bonchev–Trinajstić information content (AvgIpc) is 2.42. The Balaban J connectivity index is 2.60. The van der Waals surface area contributed by atoms with Crippen LogP contribution in [0, 0.1) is 3.57 Å². The van der Waals surface area contributed by atoms with Gasteiger partial charge in [-0.1, -0.05) is 42.8 Å². The summed E-state index contributed by atoms with van der Waals surface area (Å²) in [5.41, 5.74) is 1.45. The molecule has 2 heteroatoms. The van der Waals surface area contributed by atoms with E-state index in [1.54, 1.807) is 0 Å². The molecule has 0 aromatic heterocycles. The molecule has 0 atom stereocenters. The van der Waals surface area contributed by atoms with Gasteiger partial charge < -0.3 is 0 Å². The molecule has 0 fully saturated rings. The Labute approximate surface area is 138 Å². The van der Waals surface area contributed by atoms with Crippen LogP contribution in [-0.4, -0.2) is 8.07 Å². The third kappa shape index (κ3) is 5.79. The van der Waals surface area contributed by atoms with Crippen LogP contribution in [0.1, 0.15) is 12.0 Å². The summed E-state index contributed by atoms with van der Waals surface area (Å²) in [7, 11) is -1.32. The zero-order chi connectivity index (χ0) is 14.8. The normalized spacial score (nSPS) is 11.1. The molecule has 0 saturated heterocycles. The Morgan fingerprint density at radius 3 is 1.85 bits per heavy atom. The smallest absolute Gasteiger partial charge is 0.0648 e. The van der Waals surface area contributed by atoms with Gasteiger partial charge in [0.15, 0.2) is 0 Å². The SMILES string of the molecule is C=CC[Si](CC=C)(CC=C)CCCc1ccc(I)cc1. The third-order valence-electron chi connectivity index (χ3n) is 3.82. The lowest BCUT2D eigenvalue weighted by Crippen LogP contribution is -2.32. The first kappa shape index (κ1) is 17.4. The second-order valence-corrected chi connectivity index (χ2v) is 11.4. The molecule has 0 heterocycles. The van der Waals surface area contributed by atoms with Gasteiger partial charge in [0, 0.05) is 3.57 Å². The van der Waals surface area contributed by atoms with Crippen molar-refractivity contribution >= 4 is 30.7 Å². The predicted octanol–water partition coefficient (Wildman–Crippen LogP) is 6.23. The minimum Gasteiger partial charge on any atom is -0.103 e. The molecule has 0 saturated carbocycles. The highest BCUT2D eigenvalue weighted by Crippen LogP contribution is 2.29. The number of aryl methyl sites for hydroxylation is 1. The minimum absolute atomic E-state index is 1.18. The standard InChI is InChI=1S/C18H25ISi/c1-4-13-20(14-5-2,15-6-3)16-7-8-17-9-11-18(19)12-10-17/h4-6,9-12H,1-3,7-8,13-16H2. The van der Waals surface area contributed by atoms with E-state index in [0.29, 0.717) is 0 Å². The van der Waals surface area contributed by atoms with E-state index in [1.807, 2.05) is 0 Å². The largest absolute Gasteiger partial charge is 0.103 e. The molecule has 0 aliphatic rings. The molecule has 0 aliphatic heterocycles. The number of halogens is 1. The fourth-order valence-electron chi connectivity index (χ4n) is 2.79. The highest BCUT2D eigenvalue weighted by atomic mass is 127. The maximum atomic E-state index is 3.95. The third-order valence-corrected chi connectivity index (χ3v) is 9.42. The van der Waals surface area contributed by atoms with Gasteiger partial charge in [-0.15, -0.1) is 19.7 Å². The summed E-state index contributed by atoms with van der Waals surface area (Å²) in [4.78, 5) is 0. The van der Waals surface area contributed by atoms with Crippen LogP contribution in [0.15, 0.2) is 62.2 Å². The van der Waals surface area contributed by atoms with Crippen LogP contribution >= 0.6 is 22.6 Å². The fourth-order valence-corrected chi connectivity index (χ4v) is 7.03. The Bertz CT molecular complexity index is 407. The van der Waals surface area contributed by atoms with Crippen molar-refractivity contribution in [1.29, 1.82) is 0 Å². The molecule has 0 unspecified atom stereocenters. The maximum absolute atomic E-state index is 3.95. The highest BCUT2D eigenvalue weighted by molar-refractivity contribution is 14.1. The van der Waals surface area contributed by atoms with Crippen LogP contribution in [0.2, 0.25) is 24.2 Å². The van der Waals surface area contributed by atoms with Crippen molar-refractivity contribution in [2.24, 2.45) is 0 Å². The van der Waals surface area contributed by atoms with Crippen molar-refractivity contribution in [3.05, 3.63) is 71.4 Å². The quantitative estimate of drug-likeness (QED) is 0.250. The molecule has 0 N–H and O–H groups in total. The van der Waals surface area contributed by atoms with E-state index in [1.165, 1.54) is 46.2 Å². The van der Waals surface area contributed by atoms with Crippen LogP contribution in [-0.2, 0) is 6.42 Å². The zero-order valence-electron chi connectivity index (χ0n) is 12.3. The van der Waals surface area contributed by atoms with Gasteiger partial charge in [-0.05, 0) is 64.8 Å². The number of allylic oxidation sites excluding steroid dienone is 3. The van der Waals surface area contributed by atoms with Crippen molar-refractivity contribution in [3.8, 4) is 0 Å². The average molecular weight is 396 g/mol. The fraction of sp³-hybridized carbons (Fsp3) is 0.333. The number of benzene rings is 1. The van der Waals surface area contributed by atoms with Crippen LogP contribution in [0.25, 0.3) is 0 Å². The summed E-state index contributed by atoms with van der Waals surface area (Å²) in [5, 5.41) is 0. The van der Waals surface area contributed by atoms with Gasteiger partial charge in [-0.2, -0.15) is 0 Å². The molecule has 0 aliphatic carbocycles. The number of hydrogen-bond acceptors (Lipinski definition) is 0. The molecule has 20 heavy (non-hydrogen) atoms. The van der Waals surface area contributed by atoms with Crippen molar-refractivity contribution in [2.75, 3.05) is 0 Å². The predicted molar refractivity (Wildman–Crippen MR) is 103 cm³/mol. The molecule has 0 spiro atoms. The van der Waals surface area contributed by atoms with Gasteiger partial charge in [0.2, 0.25) is 0 Å². The molecule has 108 valence electrons. The minimum atomic E-state index is -1.32. The van der Waals surface area contributed by atoms with E-state index in [-0.39, 0.29) is 0 Å². The first-order valence-electron chi connectivity index (χ1n) is 7.23. The molecule has 1 aromatic carbocycles. The Morgan fingerprint density at radius 2 is 1.40 bits per heavy atom. The van der Waals surface area contributed by atoms with Gasteiger partial charge in [0.05, 0.1) is 8.07 Å². The molecule has 1 aromatic rings. The van der Waals surface area contributed by atoms with Crippen molar-refractivity contribution < 1.29 is 0 Å². The molecular formula is C18H25ISi. The molecule has 1 rings (SSSR count). The number of hydrogen-bond donors (Lipinski definition) is 0. The van der Waals surface area contributed by atoms with Crippen LogP contribution in [0.4, 0.5) is 0 Å². The van der Waals surface area contributed by atoms with Crippen LogP contribution in [0.3, 0.4) is 0 Å². The molecule has 0 amide bonds. The van der Waals surface area contributed by atoms with Crippen molar-refractivity contribution in [2.45, 2.75) is 37.0 Å². The number of rotatable bonds is 10. The van der Waals surface area contributed by atoms with Crippen molar-refractivity contribution in [3.63, 3.8) is 0 Å². The Morgan fingerprint density at radius 1 is 0.900 bits per heavy atom. The summed E-state index contributed by atoms with van der Waals surface area (Å²) >= 11 is 2.35.